The van der Waals surface area contributed by atoms with Crippen LogP contribution in [0, 0.1) is 0 Å². The highest BCUT2D eigenvalue weighted by Gasteiger charge is 2.00. The number of phenols is 1. The van der Waals surface area contributed by atoms with Crippen LogP contribution in [0.25, 0.3) is 12.2 Å². The van der Waals surface area contributed by atoms with Gasteiger partial charge in [-0.3, -0.25) is 0 Å². The number of aryl methyl sites for hydroxylation is 1. The molecule has 0 aliphatic heterocycles. The minimum Gasteiger partial charge on any atom is -0.744 e. The van der Waals surface area contributed by atoms with E-state index in [9.17, 15) is 13.0 Å². The molecular formula is C21H21NO5S. The summed E-state index contributed by atoms with van der Waals surface area (Å²) in [6.07, 6.45) is 6.08. The highest BCUT2D eigenvalue weighted by molar-refractivity contribution is 7.85. The third-order valence-corrected chi connectivity index (χ3v) is 4.63. The van der Waals surface area contributed by atoms with E-state index >= 15 is 0 Å². The van der Waals surface area contributed by atoms with E-state index < -0.39 is 10.1 Å². The van der Waals surface area contributed by atoms with Crippen LogP contribution in [-0.2, 0) is 17.2 Å². The lowest BCUT2D eigenvalue weighted by atomic mass is 10.2. The van der Waals surface area contributed by atoms with Gasteiger partial charge < -0.3 is 14.4 Å². The van der Waals surface area contributed by atoms with Crippen molar-refractivity contribution >= 4 is 22.3 Å². The monoisotopic (exact) mass is 399 g/mol. The van der Waals surface area contributed by atoms with E-state index in [1.807, 2.05) is 49.7 Å². The number of ether oxygens (including phenoxy) is 1. The van der Waals surface area contributed by atoms with Crippen LogP contribution in [0.1, 0.15) is 11.3 Å². The zero-order valence-electron chi connectivity index (χ0n) is 15.5. The largest absolute Gasteiger partial charge is 0.744 e. The van der Waals surface area contributed by atoms with Crippen molar-refractivity contribution in [3.63, 3.8) is 0 Å². The van der Waals surface area contributed by atoms with Crippen molar-refractivity contribution in [2.45, 2.75) is 4.90 Å². The predicted octanol–water partition coefficient (Wildman–Crippen LogP) is 2.99. The van der Waals surface area contributed by atoms with E-state index in [0.717, 1.165) is 11.3 Å². The maximum absolute atomic E-state index is 10.4. The maximum atomic E-state index is 10.4. The molecule has 6 nitrogen and oxygen atoms in total. The van der Waals surface area contributed by atoms with E-state index in [1.54, 1.807) is 12.1 Å². The Morgan fingerprint density at radius 3 is 2.14 bits per heavy atom. The van der Waals surface area contributed by atoms with Crippen LogP contribution in [0.5, 0.6) is 11.5 Å². The SMILES string of the molecule is COc1ccc(S(=O)(=O)[O-])cc1.C[n+]1ccccc1/C=C/c1ccc(O)cc1. The number of rotatable bonds is 4. The Morgan fingerprint density at radius 1 is 0.964 bits per heavy atom. The number of aromatic hydroxyl groups is 1. The first-order valence-electron chi connectivity index (χ1n) is 8.31. The standard InChI is InChI=1S/C14H13NO.C7H8O4S/c1-15-11-3-2-4-13(15)8-5-12-6-9-14(16)10-7-12;1-11-6-2-4-7(5-3-6)12(8,9)10/h2-11H,1H3;2-5H,1H3,(H,8,9,10). The molecule has 0 saturated carbocycles. The Kier molecular flexibility index (Phi) is 7.31. The average Bonchev–Trinajstić information content (AvgIpc) is 2.68. The zero-order valence-corrected chi connectivity index (χ0v) is 16.3. The first-order chi connectivity index (χ1) is 13.3. The van der Waals surface area contributed by atoms with E-state index in [2.05, 4.69) is 10.6 Å². The topological polar surface area (TPSA) is 90.5 Å². The van der Waals surface area contributed by atoms with Gasteiger partial charge in [0.15, 0.2) is 6.20 Å². The molecule has 0 unspecified atom stereocenters. The minimum atomic E-state index is -4.33. The smallest absolute Gasteiger partial charge is 0.204 e. The molecule has 0 spiro atoms. The zero-order chi connectivity index (χ0) is 20.6. The lowest BCUT2D eigenvalue weighted by Gasteiger charge is -2.06. The second-order valence-corrected chi connectivity index (χ2v) is 7.17. The van der Waals surface area contributed by atoms with Crippen molar-refractivity contribution in [1.29, 1.82) is 0 Å². The molecule has 7 heteroatoms. The van der Waals surface area contributed by atoms with Gasteiger partial charge in [-0.25, -0.2) is 13.0 Å². The van der Waals surface area contributed by atoms with Crippen molar-refractivity contribution in [3.05, 3.63) is 84.2 Å². The van der Waals surface area contributed by atoms with E-state index in [1.165, 1.54) is 31.4 Å². The molecule has 28 heavy (non-hydrogen) atoms. The van der Waals surface area contributed by atoms with Gasteiger partial charge in [0.2, 0.25) is 5.69 Å². The van der Waals surface area contributed by atoms with Crippen LogP contribution < -0.4 is 9.30 Å². The molecule has 0 amide bonds. The number of methoxy groups -OCH3 is 1. The fourth-order valence-electron chi connectivity index (χ4n) is 2.22. The second-order valence-electron chi connectivity index (χ2n) is 5.79. The van der Waals surface area contributed by atoms with Gasteiger partial charge in [0.1, 0.15) is 28.7 Å². The van der Waals surface area contributed by atoms with Crippen molar-refractivity contribution in [2.75, 3.05) is 7.11 Å². The molecule has 1 heterocycles. The Morgan fingerprint density at radius 2 is 1.61 bits per heavy atom. The third kappa shape index (κ3) is 6.53. The third-order valence-electron chi connectivity index (χ3n) is 3.78. The average molecular weight is 399 g/mol. The lowest BCUT2D eigenvalue weighted by Crippen LogP contribution is -2.30. The van der Waals surface area contributed by atoms with Gasteiger partial charge in [-0.05, 0) is 54.1 Å². The fourth-order valence-corrected chi connectivity index (χ4v) is 2.69. The second kappa shape index (κ2) is 9.68. The van der Waals surface area contributed by atoms with Crippen LogP contribution in [0.15, 0.2) is 77.8 Å². The molecule has 3 aromatic rings. The van der Waals surface area contributed by atoms with Gasteiger partial charge in [-0.2, -0.15) is 0 Å². The quantitative estimate of drug-likeness (QED) is 0.538. The Labute approximate surface area is 164 Å². The summed E-state index contributed by atoms with van der Waals surface area (Å²) in [6.45, 7) is 0. The molecule has 1 aromatic heterocycles. The predicted molar refractivity (Wildman–Crippen MR) is 106 cm³/mol. The van der Waals surface area contributed by atoms with Crippen LogP contribution in [-0.4, -0.2) is 25.2 Å². The van der Waals surface area contributed by atoms with E-state index in [-0.39, 0.29) is 4.90 Å². The summed E-state index contributed by atoms with van der Waals surface area (Å²) < 4.78 is 38.1. The minimum absolute atomic E-state index is 0.247. The highest BCUT2D eigenvalue weighted by Crippen LogP contribution is 2.14. The molecule has 3 rings (SSSR count). The van der Waals surface area contributed by atoms with Gasteiger partial charge in [-0.15, -0.1) is 0 Å². The van der Waals surface area contributed by atoms with Gasteiger partial charge in [0.05, 0.1) is 12.0 Å². The molecular weight excluding hydrogens is 378 g/mol. The van der Waals surface area contributed by atoms with Crippen molar-refractivity contribution < 1.29 is 27.4 Å². The number of pyridine rings is 1. The molecule has 0 fully saturated rings. The molecule has 0 saturated heterocycles. The molecule has 0 radical (unpaired) electrons. The molecule has 0 aliphatic rings. The number of phenolic OH excluding ortho intramolecular Hbond substituents is 1. The molecule has 1 N–H and O–H groups in total. The number of nitrogens with zero attached hydrogens (tertiary/aromatic N) is 1. The molecule has 146 valence electrons. The van der Waals surface area contributed by atoms with Crippen LogP contribution >= 0.6 is 0 Å². The van der Waals surface area contributed by atoms with Crippen molar-refractivity contribution in [3.8, 4) is 11.5 Å². The van der Waals surface area contributed by atoms with E-state index in [4.69, 9.17) is 9.84 Å². The fraction of sp³-hybridized carbons (Fsp3) is 0.0952. The maximum Gasteiger partial charge on any atom is 0.204 e. The van der Waals surface area contributed by atoms with Gasteiger partial charge in [0, 0.05) is 18.2 Å². The number of hydrogen-bond donors (Lipinski definition) is 1. The Bertz CT molecular complexity index is 1030. The summed E-state index contributed by atoms with van der Waals surface area (Å²) in [7, 11) is -0.864. The van der Waals surface area contributed by atoms with Gasteiger partial charge >= 0.3 is 0 Å². The summed E-state index contributed by atoms with van der Waals surface area (Å²) in [6, 6.07) is 18.5. The number of benzene rings is 2. The van der Waals surface area contributed by atoms with Crippen molar-refractivity contribution in [1.82, 2.24) is 0 Å². The van der Waals surface area contributed by atoms with E-state index in [0.29, 0.717) is 11.5 Å². The lowest BCUT2D eigenvalue weighted by molar-refractivity contribution is -0.673. The molecule has 2 aromatic carbocycles. The number of hydrogen-bond acceptors (Lipinski definition) is 5. The highest BCUT2D eigenvalue weighted by atomic mass is 32.2. The van der Waals surface area contributed by atoms with Crippen LogP contribution in [0.2, 0.25) is 0 Å². The summed E-state index contributed by atoms with van der Waals surface area (Å²) in [5.74, 6) is 0.810. The summed E-state index contributed by atoms with van der Waals surface area (Å²) >= 11 is 0. The first kappa shape index (κ1) is 21.1. The van der Waals surface area contributed by atoms with Crippen LogP contribution in [0.4, 0.5) is 0 Å². The summed E-state index contributed by atoms with van der Waals surface area (Å²) in [5.41, 5.74) is 2.21. The number of aromatic nitrogens is 1. The van der Waals surface area contributed by atoms with Gasteiger partial charge in [0.25, 0.3) is 0 Å². The van der Waals surface area contributed by atoms with Gasteiger partial charge in [-0.1, -0.05) is 12.1 Å². The van der Waals surface area contributed by atoms with Crippen LogP contribution in [0.3, 0.4) is 0 Å². The normalized spacial score (nSPS) is 11.0. The first-order valence-corrected chi connectivity index (χ1v) is 9.72. The Hall–Kier alpha value is -3.16. The molecule has 0 atom stereocenters. The molecule has 0 bridgehead atoms. The Balaban J connectivity index is 0.000000209. The van der Waals surface area contributed by atoms with Crippen molar-refractivity contribution in [2.24, 2.45) is 7.05 Å². The summed E-state index contributed by atoms with van der Waals surface area (Å²) in [5, 5.41) is 9.16. The summed E-state index contributed by atoms with van der Waals surface area (Å²) in [4.78, 5) is -0.247. The molecule has 0 aliphatic carbocycles.